The number of hydrogen-bond donors (Lipinski definition) is 0. The lowest BCUT2D eigenvalue weighted by atomic mass is 9.59. The molecule has 4 aliphatic carbocycles. The van der Waals surface area contributed by atoms with Crippen molar-refractivity contribution in [3.05, 3.63) is 58.2 Å². The van der Waals surface area contributed by atoms with E-state index in [9.17, 15) is 9.59 Å². The average molecular weight is 505 g/mol. The Morgan fingerprint density at radius 3 is 2.30 bits per heavy atom. The molecule has 0 spiro atoms. The highest BCUT2D eigenvalue weighted by atomic mass is 79.9. The summed E-state index contributed by atoms with van der Waals surface area (Å²) in [6.07, 6.45) is 6.74. The number of ether oxygens (including phenoxy) is 1. The smallest absolute Gasteiger partial charge is 0.238 e. The van der Waals surface area contributed by atoms with Crippen LogP contribution < -0.4 is 4.74 Å². The van der Waals surface area contributed by atoms with Gasteiger partial charge in [-0.25, -0.2) is 9.97 Å². The molecule has 3 aromatic rings. The van der Waals surface area contributed by atoms with E-state index < -0.39 is 5.92 Å². The summed E-state index contributed by atoms with van der Waals surface area (Å²) in [5.41, 5.74) is 3.36. The maximum absolute atomic E-state index is 13.6. The molecule has 4 saturated carbocycles. The fourth-order valence-electron chi connectivity index (χ4n) is 6.46. The molecule has 0 N–H and O–H groups in total. The van der Waals surface area contributed by atoms with Crippen molar-refractivity contribution in [3.8, 4) is 11.6 Å². The predicted octanol–water partition coefficient (Wildman–Crippen LogP) is 6.03. The summed E-state index contributed by atoms with van der Waals surface area (Å²) in [6, 6.07) is 11.5. The quantitative estimate of drug-likeness (QED) is 0.405. The van der Waals surface area contributed by atoms with Gasteiger partial charge in [0.1, 0.15) is 11.7 Å². The van der Waals surface area contributed by atoms with Gasteiger partial charge in [-0.1, -0.05) is 28.9 Å². The highest BCUT2D eigenvalue weighted by molar-refractivity contribution is 9.10. The molecule has 7 rings (SSSR count). The van der Waals surface area contributed by atoms with E-state index in [4.69, 9.17) is 4.74 Å². The minimum Gasteiger partial charge on any atom is -0.437 e. The van der Waals surface area contributed by atoms with Crippen molar-refractivity contribution in [1.82, 2.24) is 9.97 Å². The molecule has 33 heavy (non-hydrogen) atoms. The number of aryl methyl sites for hydroxylation is 1. The average Bonchev–Trinajstić information content (AvgIpc) is 3.11. The molecule has 0 radical (unpaired) electrons. The maximum atomic E-state index is 13.6. The second-order valence-corrected chi connectivity index (χ2v) is 10.5. The number of carbonyl (C=O) groups excluding carboxylic acids is 2. The monoisotopic (exact) mass is 504 g/mol. The van der Waals surface area contributed by atoms with Crippen molar-refractivity contribution in [1.29, 1.82) is 0 Å². The molecule has 1 heterocycles. The zero-order chi connectivity index (χ0) is 22.7. The van der Waals surface area contributed by atoms with E-state index in [0.717, 1.165) is 58.7 Å². The van der Waals surface area contributed by atoms with E-state index in [-0.39, 0.29) is 23.4 Å². The molecule has 4 aliphatic rings. The van der Waals surface area contributed by atoms with E-state index in [2.05, 4.69) is 32.8 Å². The van der Waals surface area contributed by atoms with E-state index in [1.165, 1.54) is 0 Å². The summed E-state index contributed by atoms with van der Waals surface area (Å²) in [5.74, 6) is 1.21. The van der Waals surface area contributed by atoms with Crippen LogP contribution in [0.15, 0.2) is 47.1 Å². The molecule has 0 saturated heterocycles. The second kappa shape index (κ2) is 8.01. The third-order valence-corrected chi connectivity index (χ3v) is 8.45. The van der Waals surface area contributed by atoms with Gasteiger partial charge >= 0.3 is 0 Å². The maximum Gasteiger partial charge on any atom is 0.238 e. The first-order valence-corrected chi connectivity index (χ1v) is 12.6. The van der Waals surface area contributed by atoms with Crippen molar-refractivity contribution in [2.75, 3.05) is 0 Å². The summed E-state index contributed by atoms with van der Waals surface area (Å²) in [6.45, 7) is 2.06. The number of carbonyl (C=O) groups is 2. The van der Waals surface area contributed by atoms with Crippen molar-refractivity contribution < 1.29 is 14.3 Å². The molecule has 4 fully saturated rings. The molecular formula is C27H25BrN2O3. The zero-order valence-corrected chi connectivity index (χ0v) is 20.0. The second-order valence-electron chi connectivity index (χ2n) is 9.62. The number of nitrogens with zero attached hydrogens (tertiary/aromatic N) is 2. The van der Waals surface area contributed by atoms with Crippen molar-refractivity contribution in [3.63, 3.8) is 0 Å². The molecule has 2 aromatic carbocycles. The SMILES string of the molecule is CCc1ccc(Oc2cnc3ccc(Br)cc3n2)cc1C1C(=O)C2C3CCC(CC3)C2C1=O. The lowest BCUT2D eigenvalue weighted by Gasteiger charge is -2.43. The first kappa shape index (κ1) is 21.0. The van der Waals surface area contributed by atoms with Gasteiger partial charge in [-0.3, -0.25) is 9.59 Å². The van der Waals surface area contributed by atoms with Gasteiger partial charge in [0.05, 0.1) is 17.2 Å². The largest absolute Gasteiger partial charge is 0.437 e. The molecule has 0 amide bonds. The van der Waals surface area contributed by atoms with Crippen LogP contribution in [0.25, 0.3) is 11.0 Å². The van der Waals surface area contributed by atoms with Gasteiger partial charge in [-0.2, -0.15) is 0 Å². The van der Waals surface area contributed by atoms with Gasteiger partial charge in [0, 0.05) is 16.3 Å². The van der Waals surface area contributed by atoms with Crippen LogP contribution in [0.5, 0.6) is 11.6 Å². The number of halogens is 1. The van der Waals surface area contributed by atoms with E-state index in [1.807, 2.05) is 36.4 Å². The lowest BCUT2D eigenvalue weighted by Crippen LogP contribution is -2.41. The van der Waals surface area contributed by atoms with E-state index >= 15 is 0 Å². The number of ketones is 2. The van der Waals surface area contributed by atoms with Crippen LogP contribution in [0.1, 0.15) is 49.7 Å². The minimum absolute atomic E-state index is 0.0749. The topological polar surface area (TPSA) is 69.2 Å². The third-order valence-electron chi connectivity index (χ3n) is 7.96. The van der Waals surface area contributed by atoms with Crippen LogP contribution in [0.3, 0.4) is 0 Å². The van der Waals surface area contributed by atoms with Crippen LogP contribution in [0, 0.1) is 23.7 Å². The third kappa shape index (κ3) is 3.41. The first-order chi connectivity index (χ1) is 16.0. The summed E-state index contributed by atoms with van der Waals surface area (Å²) in [7, 11) is 0. The highest BCUT2D eigenvalue weighted by Crippen LogP contribution is 2.56. The molecule has 2 atom stereocenters. The lowest BCUT2D eigenvalue weighted by molar-refractivity contribution is -0.129. The minimum atomic E-state index is -0.654. The van der Waals surface area contributed by atoms with Gasteiger partial charge in [0.2, 0.25) is 5.88 Å². The van der Waals surface area contributed by atoms with Gasteiger partial charge in [-0.05, 0) is 85.4 Å². The Balaban J connectivity index is 1.35. The van der Waals surface area contributed by atoms with Crippen molar-refractivity contribution in [2.45, 2.75) is 44.9 Å². The number of hydrogen-bond acceptors (Lipinski definition) is 5. The molecule has 0 aliphatic heterocycles. The number of fused-ring (bicyclic) bond motifs is 3. The predicted molar refractivity (Wildman–Crippen MR) is 128 cm³/mol. The summed E-state index contributed by atoms with van der Waals surface area (Å²) in [4.78, 5) is 36.1. The molecule has 2 bridgehead atoms. The summed E-state index contributed by atoms with van der Waals surface area (Å²) < 4.78 is 6.98. The number of aromatic nitrogens is 2. The van der Waals surface area contributed by atoms with Gasteiger partial charge in [0.15, 0.2) is 11.6 Å². The van der Waals surface area contributed by atoms with E-state index in [1.54, 1.807) is 6.20 Å². The molecule has 2 unspecified atom stereocenters. The Morgan fingerprint density at radius 2 is 1.64 bits per heavy atom. The Hall–Kier alpha value is -2.60. The Kier molecular flexibility index (Phi) is 5.09. The number of rotatable bonds is 4. The van der Waals surface area contributed by atoms with Crippen LogP contribution in [-0.4, -0.2) is 21.5 Å². The van der Waals surface area contributed by atoms with Crippen molar-refractivity contribution in [2.24, 2.45) is 23.7 Å². The van der Waals surface area contributed by atoms with Crippen LogP contribution in [0.4, 0.5) is 0 Å². The normalized spacial score (nSPS) is 28.4. The Morgan fingerprint density at radius 1 is 0.939 bits per heavy atom. The zero-order valence-electron chi connectivity index (χ0n) is 18.5. The fraction of sp³-hybridized carbons (Fsp3) is 0.407. The van der Waals surface area contributed by atoms with Crippen LogP contribution in [0.2, 0.25) is 0 Å². The number of benzene rings is 2. The van der Waals surface area contributed by atoms with Crippen LogP contribution in [-0.2, 0) is 16.0 Å². The summed E-state index contributed by atoms with van der Waals surface area (Å²) >= 11 is 3.46. The standard InChI is InChI=1S/C27H25BrN2O3/c1-2-14-7-9-18(33-22-13-29-20-10-8-17(28)11-21(20)30-22)12-19(14)25-26(31)23-15-3-4-16(6-5-15)24(23)27(25)32/h7-13,15-16,23-25H,2-6H2,1H3. The molecule has 6 heteroatoms. The van der Waals surface area contributed by atoms with Gasteiger partial charge in [0.25, 0.3) is 0 Å². The molecule has 168 valence electrons. The van der Waals surface area contributed by atoms with E-state index in [0.29, 0.717) is 23.5 Å². The molecule has 5 nitrogen and oxygen atoms in total. The van der Waals surface area contributed by atoms with Gasteiger partial charge in [-0.15, -0.1) is 0 Å². The summed E-state index contributed by atoms with van der Waals surface area (Å²) in [5, 5.41) is 0. The molecular weight excluding hydrogens is 480 g/mol. The first-order valence-electron chi connectivity index (χ1n) is 11.8. The van der Waals surface area contributed by atoms with Crippen molar-refractivity contribution >= 4 is 38.5 Å². The fourth-order valence-corrected chi connectivity index (χ4v) is 6.81. The van der Waals surface area contributed by atoms with Crippen LogP contribution >= 0.6 is 15.9 Å². The van der Waals surface area contributed by atoms with Gasteiger partial charge < -0.3 is 4.74 Å². The highest BCUT2D eigenvalue weighted by Gasteiger charge is 2.59. The number of Topliss-reactive ketones (excluding diaryl/α,β-unsaturated/α-hetero) is 2. The molecule has 1 aromatic heterocycles. The Labute approximate surface area is 201 Å². The Bertz CT molecular complexity index is 1250.